The molecule has 0 aromatic carbocycles. The molecule has 0 bridgehead atoms. The lowest BCUT2D eigenvalue weighted by Crippen LogP contribution is -2.49. The molecule has 0 radical (unpaired) electrons. The maximum absolute atomic E-state index is 11.5. The van der Waals surface area contributed by atoms with Gasteiger partial charge in [-0.3, -0.25) is 4.79 Å². The minimum atomic E-state index is -0.466. The third-order valence-corrected chi connectivity index (χ3v) is 2.48. The van der Waals surface area contributed by atoms with Gasteiger partial charge in [-0.15, -0.1) is 0 Å². The Morgan fingerprint density at radius 1 is 1.47 bits per heavy atom. The molecule has 15 heavy (non-hydrogen) atoms. The Morgan fingerprint density at radius 3 is 2.53 bits per heavy atom. The van der Waals surface area contributed by atoms with E-state index in [4.69, 9.17) is 0 Å². The summed E-state index contributed by atoms with van der Waals surface area (Å²) in [4.78, 5) is 24.4. The van der Waals surface area contributed by atoms with Crippen LogP contribution in [0.2, 0.25) is 0 Å². The lowest BCUT2D eigenvalue weighted by Gasteiger charge is -2.19. The van der Waals surface area contributed by atoms with Gasteiger partial charge in [-0.25, -0.2) is 4.79 Å². The molecule has 0 aromatic heterocycles. The van der Waals surface area contributed by atoms with Crippen molar-refractivity contribution in [2.24, 2.45) is 0 Å². The van der Waals surface area contributed by atoms with Crippen molar-refractivity contribution < 1.29 is 9.59 Å². The molecule has 0 heterocycles. The molecule has 0 aliphatic heterocycles. The Morgan fingerprint density at radius 2 is 2.07 bits per heavy atom. The molecule has 1 unspecified atom stereocenters. The average molecular weight is 213 g/mol. The Hall–Kier alpha value is -1.26. The van der Waals surface area contributed by atoms with Gasteiger partial charge in [0, 0.05) is 19.6 Å². The average Bonchev–Trinajstić information content (AvgIpc) is 3.00. The molecule has 1 aliphatic carbocycles. The minimum Gasteiger partial charge on any atom is -0.352 e. The fourth-order valence-electron chi connectivity index (χ4n) is 1.06. The van der Waals surface area contributed by atoms with Crippen LogP contribution in [-0.2, 0) is 4.79 Å². The first-order valence-electron chi connectivity index (χ1n) is 5.36. The van der Waals surface area contributed by atoms with Crippen LogP contribution in [-0.4, -0.2) is 42.5 Å². The summed E-state index contributed by atoms with van der Waals surface area (Å²) in [5.41, 5.74) is 0. The van der Waals surface area contributed by atoms with E-state index in [1.807, 2.05) is 6.92 Å². The van der Waals surface area contributed by atoms with Gasteiger partial charge in [0.15, 0.2) is 0 Å². The molecule has 3 amide bonds. The van der Waals surface area contributed by atoms with Crippen molar-refractivity contribution in [3.05, 3.63) is 0 Å². The van der Waals surface area contributed by atoms with E-state index in [2.05, 4.69) is 10.6 Å². The molecule has 5 nitrogen and oxygen atoms in total. The summed E-state index contributed by atoms with van der Waals surface area (Å²) in [5, 5.41) is 5.48. The number of hydrogen-bond acceptors (Lipinski definition) is 2. The van der Waals surface area contributed by atoms with Crippen LogP contribution in [0.15, 0.2) is 0 Å². The smallest absolute Gasteiger partial charge is 0.317 e. The highest BCUT2D eigenvalue weighted by atomic mass is 16.2. The standard InChI is InChI=1S/C10H19N3O2/c1-4-13(3)10(15)11-7(2)9(14)12-8-5-6-8/h7-8H,4-6H2,1-3H3,(H,11,15)(H,12,14). The van der Waals surface area contributed by atoms with E-state index in [0.717, 1.165) is 12.8 Å². The molecule has 1 fully saturated rings. The molecule has 0 saturated heterocycles. The zero-order valence-corrected chi connectivity index (χ0v) is 9.54. The Balaban J connectivity index is 2.29. The van der Waals surface area contributed by atoms with E-state index in [0.29, 0.717) is 12.6 Å². The van der Waals surface area contributed by atoms with Crippen LogP contribution in [0.3, 0.4) is 0 Å². The largest absolute Gasteiger partial charge is 0.352 e. The van der Waals surface area contributed by atoms with E-state index < -0.39 is 6.04 Å². The SMILES string of the molecule is CCN(C)C(=O)NC(C)C(=O)NC1CC1. The van der Waals surface area contributed by atoms with Crippen molar-refractivity contribution in [1.82, 2.24) is 15.5 Å². The van der Waals surface area contributed by atoms with Crippen LogP contribution in [0.1, 0.15) is 26.7 Å². The molecule has 1 atom stereocenters. The summed E-state index contributed by atoms with van der Waals surface area (Å²) >= 11 is 0. The number of amides is 3. The van der Waals surface area contributed by atoms with Crippen LogP contribution >= 0.6 is 0 Å². The normalized spacial score (nSPS) is 16.7. The van der Waals surface area contributed by atoms with Gasteiger partial charge in [0.25, 0.3) is 0 Å². The van der Waals surface area contributed by atoms with Gasteiger partial charge in [-0.1, -0.05) is 0 Å². The number of nitrogens with one attached hydrogen (secondary N) is 2. The highest BCUT2D eigenvalue weighted by Crippen LogP contribution is 2.18. The molecule has 1 aliphatic rings. The molecule has 1 rings (SSSR count). The quantitative estimate of drug-likeness (QED) is 0.706. The second-order valence-electron chi connectivity index (χ2n) is 3.97. The van der Waals surface area contributed by atoms with Gasteiger partial charge in [0.2, 0.25) is 5.91 Å². The number of carbonyl (C=O) groups is 2. The van der Waals surface area contributed by atoms with Crippen molar-refractivity contribution in [1.29, 1.82) is 0 Å². The third-order valence-electron chi connectivity index (χ3n) is 2.48. The van der Waals surface area contributed by atoms with Crippen LogP contribution in [0.4, 0.5) is 4.79 Å². The number of nitrogens with zero attached hydrogens (tertiary/aromatic N) is 1. The van der Waals surface area contributed by atoms with E-state index in [1.165, 1.54) is 4.90 Å². The van der Waals surface area contributed by atoms with Gasteiger partial charge < -0.3 is 15.5 Å². The number of urea groups is 1. The predicted molar refractivity (Wildman–Crippen MR) is 57.5 cm³/mol. The van der Waals surface area contributed by atoms with E-state index >= 15 is 0 Å². The second kappa shape index (κ2) is 5.00. The zero-order chi connectivity index (χ0) is 11.4. The molecular formula is C10H19N3O2. The molecule has 2 N–H and O–H groups in total. The Kier molecular flexibility index (Phi) is 3.94. The van der Waals surface area contributed by atoms with Crippen molar-refractivity contribution in [3.63, 3.8) is 0 Å². The molecular weight excluding hydrogens is 194 g/mol. The summed E-state index contributed by atoms with van der Waals surface area (Å²) in [7, 11) is 1.70. The van der Waals surface area contributed by atoms with E-state index in [9.17, 15) is 9.59 Å². The fraction of sp³-hybridized carbons (Fsp3) is 0.800. The highest BCUT2D eigenvalue weighted by Gasteiger charge is 2.26. The Labute approximate surface area is 90.2 Å². The van der Waals surface area contributed by atoms with E-state index in [-0.39, 0.29) is 11.9 Å². The molecule has 1 saturated carbocycles. The fourth-order valence-corrected chi connectivity index (χ4v) is 1.06. The van der Waals surface area contributed by atoms with Gasteiger partial charge in [-0.2, -0.15) is 0 Å². The number of rotatable bonds is 4. The Bertz CT molecular complexity index is 251. The van der Waals surface area contributed by atoms with Crippen LogP contribution in [0.25, 0.3) is 0 Å². The van der Waals surface area contributed by atoms with E-state index in [1.54, 1.807) is 14.0 Å². The van der Waals surface area contributed by atoms with Crippen LogP contribution < -0.4 is 10.6 Å². The monoisotopic (exact) mass is 213 g/mol. The molecule has 0 spiro atoms. The summed E-state index contributed by atoms with van der Waals surface area (Å²) in [5.74, 6) is -0.102. The summed E-state index contributed by atoms with van der Waals surface area (Å²) < 4.78 is 0. The summed E-state index contributed by atoms with van der Waals surface area (Å²) in [6, 6.07) is -0.344. The lowest BCUT2D eigenvalue weighted by atomic mass is 10.3. The predicted octanol–water partition coefficient (Wildman–Crippen LogP) is 0.315. The van der Waals surface area contributed by atoms with Crippen molar-refractivity contribution in [2.75, 3.05) is 13.6 Å². The minimum absolute atomic E-state index is 0.102. The summed E-state index contributed by atoms with van der Waals surface area (Å²) in [6.07, 6.45) is 2.11. The van der Waals surface area contributed by atoms with Gasteiger partial charge in [0.1, 0.15) is 6.04 Å². The van der Waals surface area contributed by atoms with Crippen LogP contribution in [0.5, 0.6) is 0 Å². The molecule has 86 valence electrons. The van der Waals surface area contributed by atoms with Crippen molar-refractivity contribution in [3.8, 4) is 0 Å². The maximum Gasteiger partial charge on any atom is 0.317 e. The second-order valence-corrected chi connectivity index (χ2v) is 3.97. The topological polar surface area (TPSA) is 61.4 Å². The first-order chi connectivity index (χ1) is 7.04. The highest BCUT2D eigenvalue weighted by molar-refractivity contribution is 5.86. The van der Waals surface area contributed by atoms with Gasteiger partial charge in [-0.05, 0) is 26.7 Å². The third kappa shape index (κ3) is 3.77. The lowest BCUT2D eigenvalue weighted by molar-refractivity contribution is -0.122. The first kappa shape index (κ1) is 11.8. The summed E-state index contributed by atoms with van der Waals surface area (Å²) in [6.45, 7) is 4.20. The van der Waals surface area contributed by atoms with Crippen molar-refractivity contribution >= 4 is 11.9 Å². The number of carbonyl (C=O) groups excluding carboxylic acids is 2. The van der Waals surface area contributed by atoms with Crippen LogP contribution in [0, 0.1) is 0 Å². The number of hydrogen-bond donors (Lipinski definition) is 2. The molecule has 0 aromatic rings. The maximum atomic E-state index is 11.5. The first-order valence-corrected chi connectivity index (χ1v) is 5.36. The van der Waals surface area contributed by atoms with Gasteiger partial charge >= 0.3 is 6.03 Å². The van der Waals surface area contributed by atoms with Crippen molar-refractivity contribution in [2.45, 2.75) is 38.8 Å². The zero-order valence-electron chi connectivity index (χ0n) is 9.54. The molecule has 5 heteroatoms. The van der Waals surface area contributed by atoms with Gasteiger partial charge in [0.05, 0.1) is 0 Å².